The molecule has 2 unspecified atom stereocenters. The van der Waals surface area contributed by atoms with Gasteiger partial charge >= 0.3 is 0 Å². The quantitative estimate of drug-likeness (QED) is 0.713. The van der Waals surface area contributed by atoms with Gasteiger partial charge in [-0.1, -0.05) is 44.2 Å². The van der Waals surface area contributed by atoms with Crippen LogP contribution in [0.5, 0.6) is 0 Å². The zero-order valence-electron chi connectivity index (χ0n) is 14.0. The Labute approximate surface area is 148 Å². The first-order valence-corrected chi connectivity index (χ1v) is 7.98. The van der Waals surface area contributed by atoms with E-state index in [0.29, 0.717) is 6.61 Å². The van der Waals surface area contributed by atoms with Crippen molar-refractivity contribution >= 4 is 24.2 Å². The molecule has 2 rings (SSSR count). The third-order valence-corrected chi connectivity index (χ3v) is 4.01. The zero-order chi connectivity index (χ0) is 16.8. The molecular formula is C17H26ClN3O3. The maximum atomic E-state index is 12.1. The van der Waals surface area contributed by atoms with Crippen LogP contribution in [0, 0.1) is 5.92 Å². The van der Waals surface area contributed by atoms with Gasteiger partial charge in [-0.3, -0.25) is 9.59 Å². The molecule has 3 atom stereocenters. The Morgan fingerprint density at radius 2 is 1.96 bits per heavy atom. The summed E-state index contributed by atoms with van der Waals surface area (Å²) in [5.74, 6) is -0.507. The molecule has 0 aliphatic carbocycles. The Hall–Kier alpha value is -1.63. The van der Waals surface area contributed by atoms with Crippen molar-refractivity contribution in [2.75, 3.05) is 13.2 Å². The number of ether oxygens (including phenoxy) is 1. The molecule has 1 aliphatic rings. The Balaban J connectivity index is 0.00000288. The van der Waals surface area contributed by atoms with E-state index < -0.39 is 6.04 Å². The van der Waals surface area contributed by atoms with Crippen LogP contribution in [0.1, 0.15) is 31.9 Å². The minimum Gasteiger partial charge on any atom is -0.371 e. The summed E-state index contributed by atoms with van der Waals surface area (Å²) in [5.41, 5.74) is 6.79. The average molecular weight is 356 g/mol. The fourth-order valence-electron chi connectivity index (χ4n) is 2.55. The summed E-state index contributed by atoms with van der Waals surface area (Å²) in [6, 6.07) is 9.12. The van der Waals surface area contributed by atoms with Crippen molar-refractivity contribution < 1.29 is 14.3 Å². The van der Waals surface area contributed by atoms with Crippen molar-refractivity contribution in [3.05, 3.63) is 35.9 Å². The highest BCUT2D eigenvalue weighted by molar-refractivity contribution is 5.87. The molecule has 6 nitrogen and oxygen atoms in total. The van der Waals surface area contributed by atoms with Crippen molar-refractivity contribution in [2.45, 2.75) is 38.5 Å². The highest BCUT2D eigenvalue weighted by atomic mass is 35.5. The number of nitrogens with two attached hydrogens (primary N) is 1. The van der Waals surface area contributed by atoms with Crippen LogP contribution in [0.15, 0.2) is 30.3 Å². The lowest BCUT2D eigenvalue weighted by molar-refractivity contribution is -0.127. The van der Waals surface area contributed by atoms with Crippen molar-refractivity contribution in [1.29, 1.82) is 0 Å². The third-order valence-electron chi connectivity index (χ3n) is 4.01. The van der Waals surface area contributed by atoms with E-state index in [9.17, 15) is 9.59 Å². The van der Waals surface area contributed by atoms with E-state index in [1.165, 1.54) is 0 Å². The van der Waals surface area contributed by atoms with E-state index in [4.69, 9.17) is 10.5 Å². The molecule has 2 amide bonds. The minimum absolute atomic E-state index is 0. The molecule has 0 spiro atoms. The molecule has 134 valence electrons. The lowest BCUT2D eigenvalue weighted by atomic mass is 10.0. The van der Waals surface area contributed by atoms with Crippen LogP contribution in [0.4, 0.5) is 0 Å². The van der Waals surface area contributed by atoms with Crippen LogP contribution in [-0.4, -0.2) is 37.0 Å². The third kappa shape index (κ3) is 5.47. The van der Waals surface area contributed by atoms with Gasteiger partial charge in [0.1, 0.15) is 6.10 Å². The van der Waals surface area contributed by atoms with Gasteiger partial charge in [-0.2, -0.15) is 0 Å². The summed E-state index contributed by atoms with van der Waals surface area (Å²) < 4.78 is 5.73. The lowest BCUT2D eigenvalue weighted by Crippen LogP contribution is -2.48. The Morgan fingerprint density at radius 3 is 2.58 bits per heavy atom. The van der Waals surface area contributed by atoms with Crippen molar-refractivity contribution in [2.24, 2.45) is 11.7 Å². The number of benzene rings is 1. The molecule has 1 saturated heterocycles. The largest absolute Gasteiger partial charge is 0.371 e. The van der Waals surface area contributed by atoms with Crippen LogP contribution in [0.25, 0.3) is 0 Å². The molecule has 1 aromatic rings. The second-order valence-corrected chi connectivity index (χ2v) is 6.15. The molecular weight excluding hydrogens is 330 g/mol. The van der Waals surface area contributed by atoms with Crippen molar-refractivity contribution in [3.8, 4) is 0 Å². The molecule has 4 N–H and O–H groups in total. The van der Waals surface area contributed by atoms with Gasteiger partial charge in [0.15, 0.2) is 0 Å². The number of carbonyl (C=O) groups is 2. The monoisotopic (exact) mass is 355 g/mol. The maximum absolute atomic E-state index is 12.1. The normalized spacial score (nSPS) is 21.0. The van der Waals surface area contributed by atoms with Crippen molar-refractivity contribution in [1.82, 2.24) is 10.6 Å². The topological polar surface area (TPSA) is 93.5 Å². The molecule has 1 aromatic carbocycles. The number of rotatable bonds is 6. The summed E-state index contributed by atoms with van der Waals surface area (Å²) in [7, 11) is 0. The van der Waals surface area contributed by atoms with E-state index in [1.807, 2.05) is 44.2 Å². The van der Waals surface area contributed by atoms with Gasteiger partial charge in [0.05, 0.1) is 18.6 Å². The van der Waals surface area contributed by atoms with Crippen LogP contribution < -0.4 is 16.4 Å². The first-order valence-electron chi connectivity index (χ1n) is 7.98. The number of carbonyl (C=O) groups excluding carboxylic acids is 2. The lowest BCUT2D eigenvalue weighted by Gasteiger charge is -2.21. The molecule has 24 heavy (non-hydrogen) atoms. The van der Waals surface area contributed by atoms with E-state index in [1.54, 1.807) is 0 Å². The first kappa shape index (κ1) is 20.4. The second kappa shape index (κ2) is 9.61. The average Bonchev–Trinajstić information content (AvgIpc) is 3.00. The summed E-state index contributed by atoms with van der Waals surface area (Å²) in [6.45, 7) is 4.27. The van der Waals surface area contributed by atoms with Crippen LogP contribution in [-0.2, 0) is 14.3 Å². The van der Waals surface area contributed by atoms with Gasteiger partial charge in [-0.15, -0.1) is 12.4 Å². The van der Waals surface area contributed by atoms with E-state index in [2.05, 4.69) is 10.6 Å². The highest BCUT2D eigenvalue weighted by Crippen LogP contribution is 2.28. The standard InChI is InChI=1S/C17H25N3O3.ClH/c1-11(2)15(18)17(22)19-10-14(21)20-13-8-9-23-16(13)12-6-4-3-5-7-12;/h3-7,11,13,15-16H,8-10,18H2,1-2H3,(H,19,22)(H,20,21);1H/t13?,15-,16?;/m0./s1. The smallest absolute Gasteiger partial charge is 0.239 e. The Kier molecular flexibility index (Phi) is 8.18. The van der Waals surface area contributed by atoms with Gasteiger partial charge in [0.2, 0.25) is 11.8 Å². The number of nitrogens with one attached hydrogen (secondary N) is 2. The Bertz CT molecular complexity index is 539. The first-order chi connectivity index (χ1) is 11.0. The molecule has 1 heterocycles. The summed E-state index contributed by atoms with van der Waals surface area (Å²) in [5, 5.41) is 5.51. The molecule has 1 aliphatic heterocycles. The predicted octanol–water partition coefficient (Wildman–Crippen LogP) is 1.15. The van der Waals surface area contributed by atoms with E-state index in [0.717, 1.165) is 12.0 Å². The van der Waals surface area contributed by atoms with Crippen LogP contribution in [0.2, 0.25) is 0 Å². The maximum Gasteiger partial charge on any atom is 0.239 e. The van der Waals surface area contributed by atoms with E-state index >= 15 is 0 Å². The second-order valence-electron chi connectivity index (χ2n) is 6.15. The summed E-state index contributed by atoms with van der Waals surface area (Å²) in [6.07, 6.45) is 0.610. The van der Waals surface area contributed by atoms with Crippen LogP contribution >= 0.6 is 12.4 Å². The SMILES string of the molecule is CC(C)[C@H](N)C(=O)NCC(=O)NC1CCOC1c1ccccc1.Cl. The van der Waals surface area contributed by atoms with Crippen molar-refractivity contribution in [3.63, 3.8) is 0 Å². The fourth-order valence-corrected chi connectivity index (χ4v) is 2.55. The number of hydrogen-bond donors (Lipinski definition) is 3. The Morgan fingerprint density at radius 1 is 1.29 bits per heavy atom. The van der Waals surface area contributed by atoms with Gasteiger partial charge in [0.25, 0.3) is 0 Å². The number of hydrogen-bond acceptors (Lipinski definition) is 4. The minimum atomic E-state index is -0.602. The van der Waals surface area contributed by atoms with Gasteiger partial charge in [-0.25, -0.2) is 0 Å². The highest BCUT2D eigenvalue weighted by Gasteiger charge is 2.30. The molecule has 0 saturated carbocycles. The van der Waals surface area contributed by atoms with Gasteiger partial charge in [-0.05, 0) is 17.9 Å². The van der Waals surface area contributed by atoms with Crippen LogP contribution in [0.3, 0.4) is 0 Å². The molecule has 0 bridgehead atoms. The van der Waals surface area contributed by atoms with Gasteiger partial charge < -0.3 is 21.1 Å². The van der Waals surface area contributed by atoms with E-state index in [-0.39, 0.29) is 48.8 Å². The fraction of sp³-hybridized carbons (Fsp3) is 0.529. The van der Waals surface area contributed by atoms with Gasteiger partial charge in [0, 0.05) is 6.61 Å². The predicted molar refractivity (Wildman–Crippen MR) is 94.8 cm³/mol. The number of halogens is 1. The molecule has 0 radical (unpaired) electrons. The summed E-state index contributed by atoms with van der Waals surface area (Å²) >= 11 is 0. The molecule has 0 aromatic heterocycles. The zero-order valence-corrected chi connectivity index (χ0v) is 14.8. The number of amides is 2. The molecule has 7 heteroatoms. The molecule has 1 fully saturated rings. The summed E-state index contributed by atoms with van der Waals surface area (Å²) in [4.78, 5) is 23.8.